The number of hydrogen-bond acceptors (Lipinski definition) is 5. The molecule has 3 rings (SSSR count). The predicted octanol–water partition coefficient (Wildman–Crippen LogP) is 6.25. The molecular formula is C29H37NO5. The van der Waals surface area contributed by atoms with Crippen LogP contribution in [0.5, 0.6) is 0 Å². The number of aromatic nitrogens is 1. The largest absolute Gasteiger partial charge is 0.465 e. The summed E-state index contributed by atoms with van der Waals surface area (Å²) in [4.78, 5) is 36.7. The number of fused-ring (bicyclic) bond motifs is 1. The van der Waals surface area contributed by atoms with Crippen LogP contribution in [-0.2, 0) is 16.1 Å². The van der Waals surface area contributed by atoms with E-state index in [0.717, 1.165) is 67.9 Å². The zero-order chi connectivity index (χ0) is 25.2. The third kappa shape index (κ3) is 7.41. The van der Waals surface area contributed by atoms with Crippen molar-refractivity contribution in [1.29, 1.82) is 0 Å². The second kappa shape index (κ2) is 13.1. The first kappa shape index (κ1) is 26.5. The zero-order valence-corrected chi connectivity index (χ0v) is 21.2. The minimum Gasteiger partial charge on any atom is -0.465 e. The molecule has 0 unspecified atom stereocenters. The van der Waals surface area contributed by atoms with Gasteiger partial charge in [0.05, 0.1) is 18.1 Å². The van der Waals surface area contributed by atoms with Crippen LogP contribution >= 0.6 is 0 Å². The van der Waals surface area contributed by atoms with Crippen molar-refractivity contribution in [3.05, 3.63) is 68.8 Å². The molecule has 0 saturated heterocycles. The Kier molecular flexibility index (Phi) is 9.88. The number of carbonyl (C=O) groups excluding carboxylic acids is 1. The summed E-state index contributed by atoms with van der Waals surface area (Å²) in [6.07, 6.45) is 8.39. The van der Waals surface area contributed by atoms with Gasteiger partial charge in [-0.3, -0.25) is 14.2 Å². The van der Waals surface area contributed by atoms with E-state index in [4.69, 9.17) is 9.15 Å². The summed E-state index contributed by atoms with van der Waals surface area (Å²) in [7, 11) is 0. The molecule has 2 aromatic heterocycles. The molecular weight excluding hydrogens is 442 g/mol. The number of benzene rings is 1. The van der Waals surface area contributed by atoms with E-state index in [-0.39, 0.29) is 17.4 Å². The lowest BCUT2D eigenvalue weighted by Gasteiger charge is -2.10. The van der Waals surface area contributed by atoms with Crippen LogP contribution < -0.4 is 11.2 Å². The number of pyridine rings is 1. The molecule has 1 aromatic carbocycles. The summed E-state index contributed by atoms with van der Waals surface area (Å²) in [6.45, 7) is 6.70. The second-order valence-corrected chi connectivity index (χ2v) is 9.50. The van der Waals surface area contributed by atoms with Gasteiger partial charge in [-0.1, -0.05) is 76.6 Å². The van der Waals surface area contributed by atoms with Crippen LogP contribution in [-0.4, -0.2) is 17.1 Å². The van der Waals surface area contributed by atoms with Gasteiger partial charge in [0.2, 0.25) is 5.71 Å². The Morgan fingerprint density at radius 1 is 0.886 bits per heavy atom. The third-order valence-electron chi connectivity index (χ3n) is 6.30. The molecule has 2 heterocycles. The second-order valence-electron chi connectivity index (χ2n) is 9.50. The van der Waals surface area contributed by atoms with E-state index in [9.17, 15) is 14.4 Å². The first-order chi connectivity index (χ1) is 16.9. The topological polar surface area (TPSA) is 78.5 Å². The molecule has 35 heavy (non-hydrogen) atoms. The first-order valence-electron chi connectivity index (χ1n) is 12.8. The molecule has 0 aliphatic carbocycles. The number of hydrogen-bond donors (Lipinski definition) is 0. The lowest BCUT2D eigenvalue weighted by Crippen LogP contribution is -2.20. The Hall–Kier alpha value is -3.15. The van der Waals surface area contributed by atoms with Crippen LogP contribution in [0, 0.1) is 12.8 Å². The van der Waals surface area contributed by atoms with Crippen molar-refractivity contribution < 1.29 is 13.9 Å². The standard InChI is InChI=1S/C29H37NO5/c1-21(2)28(32)34-19-13-9-7-5-4-6-8-12-18-30-26(31)17-16-23-20-25(29(33)35-27(23)30)24-15-11-10-14-22(24)3/h10-11,14-17,20-21H,4-9,12-13,18-19H2,1-3H3. The van der Waals surface area contributed by atoms with Crippen molar-refractivity contribution in [2.45, 2.75) is 78.7 Å². The van der Waals surface area contributed by atoms with Crippen molar-refractivity contribution >= 4 is 17.1 Å². The highest BCUT2D eigenvalue weighted by molar-refractivity contribution is 5.80. The van der Waals surface area contributed by atoms with Gasteiger partial charge in [0.25, 0.3) is 5.56 Å². The van der Waals surface area contributed by atoms with E-state index in [0.29, 0.717) is 24.4 Å². The van der Waals surface area contributed by atoms with Crippen molar-refractivity contribution in [3.8, 4) is 11.1 Å². The quantitative estimate of drug-likeness (QED) is 0.214. The van der Waals surface area contributed by atoms with Gasteiger partial charge in [-0.15, -0.1) is 0 Å². The fourth-order valence-corrected chi connectivity index (χ4v) is 4.21. The summed E-state index contributed by atoms with van der Waals surface area (Å²) in [6, 6.07) is 12.8. The SMILES string of the molecule is Cc1ccccc1-c1cc2ccc(=O)n(CCCCCCCCCCOC(=O)C(C)C)c2oc1=O. The maximum atomic E-state index is 12.7. The fourth-order valence-electron chi connectivity index (χ4n) is 4.21. The Bertz CT molecular complexity index is 1240. The molecule has 3 aromatic rings. The number of unbranched alkanes of at least 4 members (excludes halogenated alkanes) is 7. The summed E-state index contributed by atoms with van der Waals surface area (Å²) in [5.74, 6) is -0.187. The predicted molar refractivity (Wildman–Crippen MR) is 140 cm³/mol. The Labute approximate surface area is 206 Å². The normalized spacial score (nSPS) is 11.3. The van der Waals surface area contributed by atoms with Gasteiger partial charge in [-0.25, -0.2) is 4.79 Å². The maximum Gasteiger partial charge on any atom is 0.345 e. The smallest absolute Gasteiger partial charge is 0.345 e. The average molecular weight is 480 g/mol. The van der Waals surface area contributed by atoms with Gasteiger partial charge in [0.15, 0.2) is 0 Å². The number of esters is 1. The molecule has 0 fully saturated rings. The van der Waals surface area contributed by atoms with E-state index < -0.39 is 5.63 Å². The molecule has 6 nitrogen and oxygen atoms in total. The van der Waals surface area contributed by atoms with Crippen LogP contribution in [0.15, 0.2) is 56.5 Å². The zero-order valence-electron chi connectivity index (χ0n) is 21.2. The number of rotatable bonds is 13. The summed E-state index contributed by atoms with van der Waals surface area (Å²) in [5.41, 5.74) is 2.13. The lowest BCUT2D eigenvalue weighted by molar-refractivity contribution is -0.147. The molecule has 0 aliphatic heterocycles. The highest BCUT2D eigenvalue weighted by Gasteiger charge is 2.13. The van der Waals surface area contributed by atoms with Gasteiger partial charge < -0.3 is 9.15 Å². The lowest BCUT2D eigenvalue weighted by atomic mass is 10.0. The summed E-state index contributed by atoms with van der Waals surface area (Å²) in [5, 5.41) is 0.751. The van der Waals surface area contributed by atoms with Gasteiger partial charge in [-0.05, 0) is 43.0 Å². The van der Waals surface area contributed by atoms with E-state index >= 15 is 0 Å². The minimum absolute atomic E-state index is 0.0632. The van der Waals surface area contributed by atoms with Crippen LogP contribution in [0.3, 0.4) is 0 Å². The summed E-state index contributed by atoms with van der Waals surface area (Å²) >= 11 is 0. The van der Waals surface area contributed by atoms with Crippen molar-refractivity contribution in [2.75, 3.05) is 6.61 Å². The monoisotopic (exact) mass is 479 g/mol. The Balaban J connectivity index is 1.47. The van der Waals surface area contributed by atoms with Crippen LogP contribution in [0.2, 0.25) is 0 Å². The van der Waals surface area contributed by atoms with E-state index in [1.165, 1.54) is 0 Å². The van der Waals surface area contributed by atoms with Crippen molar-refractivity contribution in [3.63, 3.8) is 0 Å². The molecule has 0 N–H and O–H groups in total. The molecule has 6 heteroatoms. The molecule has 0 saturated carbocycles. The highest BCUT2D eigenvalue weighted by Crippen LogP contribution is 2.23. The molecule has 0 atom stereocenters. The Morgan fingerprint density at radius 3 is 2.23 bits per heavy atom. The summed E-state index contributed by atoms with van der Waals surface area (Å²) < 4.78 is 12.4. The average Bonchev–Trinajstić information content (AvgIpc) is 2.83. The number of carbonyl (C=O) groups is 1. The van der Waals surface area contributed by atoms with Crippen LogP contribution in [0.4, 0.5) is 0 Å². The van der Waals surface area contributed by atoms with E-state index in [1.54, 1.807) is 16.7 Å². The number of ether oxygens (including phenoxy) is 1. The molecule has 0 spiro atoms. The van der Waals surface area contributed by atoms with Gasteiger partial charge in [0, 0.05) is 18.0 Å². The number of aryl methyl sites for hydroxylation is 2. The van der Waals surface area contributed by atoms with Crippen molar-refractivity contribution in [2.24, 2.45) is 5.92 Å². The van der Waals surface area contributed by atoms with Gasteiger partial charge in [0.1, 0.15) is 0 Å². The van der Waals surface area contributed by atoms with E-state index in [2.05, 4.69) is 0 Å². The number of nitrogens with zero attached hydrogens (tertiary/aromatic N) is 1. The Morgan fingerprint density at radius 2 is 1.54 bits per heavy atom. The van der Waals surface area contributed by atoms with E-state index in [1.807, 2.05) is 51.1 Å². The van der Waals surface area contributed by atoms with Gasteiger partial charge >= 0.3 is 11.6 Å². The molecule has 0 bridgehead atoms. The van der Waals surface area contributed by atoms with Crippen molar-refractivity contribution in [1.82, 2.24) is 4.57 Å². The molecule has 0 amide bonds. The van der Waals surface area contributed by atoms with Gasteiger partial charge in [-0.2, -0.15) is 0 Å². The molecule has 0 radical (unpaired) electrons. The van der Waals surface area contributed by atoms with Crippen LogP contribution in [0.1, 0.15) is 70.8 Å². The maximum absolute atomic E-state index is 12.7. The molecule has 0 aliphatic rings. The third-order valence-corrected chi connectivity index (χ3v) is 6.30. The highest BCUT2D eigenvalue weighted by atomic mass is 16.5. The fraction of sp³-hybridized carbons (Fsp3) is 0.483. The first-order valence-corrected chi connectivity index (χ1v) is 12.8. The minimum atomic E-state index is -0.426. The molecule has 188 valence electrons. The van der Waals surface area contributed by atoms with Crippen LogP contribution in [0.25, 0.3) is 22.2 Å².